The Bertz CT molecular complexity index is 3530. The maximum atomic E-state index is 9.74. The average molecular weight is 828 g/mol. The second-order valence-corrected chi connectivity index (χ2v) is 16.8. The fraction of sp³-hybridized carbons (Fsp3) is 0.0161. The van der Waals surface area contributed by atoms with Crippen LogP contribution in [0.2, 0.25) is 0 Å². The largest absolute Gasteiger partial charge is 0.310 e. The SMILES string of the molecule is N#Cc1ccc(N(c2ccc(-c3ccc(-c4ccc5c(c4)c4ccccc4n5-c4ccccc4)cc3)cc2)c2ccc3c(c2)C(c2ccccc2)(c2ccccc2)c2ccccc2-3)cc1. The Balaban J connectivity index is 0.926. The van der Waals surface area contributed by atoms with Crippen molar-refractivity contribution >= 4 is 38.9 Å². The minimum atomic E-state index is -0.524. The van der Waals surface area contributed by atoms with Crippen LogP contribution >= 0.6 is 0 Å². The van der Waals surface area contributed by atoms with Crippen LogP contribution in [0, 0.1) is 11.3 Å². The molecule has 11 aromatic rings. The lowest BCUT2D eigenvalue weighted by Crippen LogP contribution is -2.28. The summed E-state index contributed by atoms with van der Waals surface area (Å²) >= 11 is 0. The van der Waals surface area contributed by atoms with Gasteiger partial charge in [0, 0.05) is 33.5 Å². The lowest BCUT2D eigenvalue weighted by molar-refractivity contribution is 0.768. The highest BCUT2D eigenvalue weighted by molar-refractivity contribution is 6.10. The normalized spacial score (nSPS) is 12.4. The number of nitriles is 1. The highest BCUT2D eigenvalue weighted by atomic mass is 15.1. The Morgan fingerprint density at radius 1 is 0.369 bits per heavy atom. The highest BCUT2D eigenvalue weighted by Crippen LogP contribution is 2.57. The van der Waals surface area contributed by atoms with Gasteiger partial charge in [-0.15, -0.1) is 0 Å². The molecule has 0 unspecified atom stereocenters. The van der Waals surface area contributed by atoms with Gasteiger partial charge in [-0.2, -0.15) is 5.26 Å². The van der Waals surface area contributed by atoms with E-state index >= 15 is 0 Å². The summed E-state index contributed by atoms with van der Waals surface area (Å²) in [6, 6.07) is 91.7. The monoisotopic (exact) mass is 827 g/mol. The van der Waals surface area contributed by atoms with Gasteiger partial charge in [-0.05, 0) is 134 Å². The molecule has 0 radical (unpaired) electrons. The van der Waals surface area contributed by atoms with Crippen LogP contribution in [0.5, 0.6) is 0 Å². The Kier molecular flexibility index (Phi) is 9.11. The smallest absolute Gasteiger partial charge is 0.0991 e. The summed E-state index contributed by atoms with van der Waals surface area (Å²) < 4.78 is 2.36. The molecule has 3 heteroatoms. The van der Waals surface area contributed by atoms with Crippen molar-refractivity contribution < 1.29 is 0 Å². The van der Waals surface area contributed by atoms with Gasteiger partial charge in [-0.1, -0.05) is 170 Å². The average Bonchev–Trinajstić information content (AvgIpc) is 3.88. The van der Waals surface area contributed by atoms with E-state index in [9.17, 15) is 5.26 Å². The van der Waals surface area contributed by atoms with E-state index in [0.717, 1.165) is 33.9 Å². The fourth-order valence-corrected chi connectivity index (χ4v) is 10.4. The Morgan fingerprint density at radius 3 is 1.52 bits per heavy atom. The summed E-state index contributed by atoms with van der Waals surface area (Å²) in [6.07, 6.45) is 0. The Morgan fingerprint density at radius 2 is 0.862 bits per heavy atom. The third-order valence-corrected chi connectivity index (χ3v) is 13.3. The van der Waals surface area contributed by atoms with Gasteiger partial charge in [0.2, 0.25) is 0 Å². The van der Waals surface area contributed by atoms with Gasteiger partial charge in [-0.25, -0.2) is 0 Å². The van der Waals surface area contributed by atoms with Crippen LogP contribution in [-0.2, 0) is 5.41 Å². The molecule has 3 nitrogen and oxygen atoms in total. The van der Waals surface area contributed by atoms with Crippen molar-refractivity contribution in [2.75, 3.05) is 4.90 Å². The number of aromatic nitrogens is 1. The number of benzene rings is 10. The lowest BCUT2D eigenvalue weighted by Gasteiger charge is -2.35. The van der Waals surface area contributed by atoms with Crippen molar-refractivity contribution in [1.82, 2.24) is 4.57 Å². The standard InChI is InChI=1S/C62H41N3/c63-42-43-24-33-51(34-25-43)64(53-37-38-55-54-20-10-12-22-58(54)62(59(55)41-53,48-14-4-1-5-15-48)49-16-6-2-7-17-49)52-35-30-45(31-36-52)44-26-28-46(29-27-44)47-32-39-61-57(40-47)56-21-11-13-23-60(56)65(61)50-18-8-3-9-19-50/h1-41H. The maximum Gasteiger partial charge on any atom is 0.0991 e. The molecular weight excluding hydrogens is 787 g/mol. The first-order valence-corrected chi connectivity index (χ1v) is 22.1. The van der Waals surface area contributed by atoms with Gasteiger partial charge in [0.25, 0.3) is 0 Å². The van der Waals surface area contributed by atoms with Crippen molar-refractivity contribution in [3.8, 4) is 45.1 Å². The van der Waals surface area contributed by atoms with Gasteiger partial charge in [0.1, 0.15) is 0 Å². The van der Waals surface area contributed by atoms with Crippen molar-refractivity contribution in [3.05, 3.63) is 277 Å². The van der Waals surface area contributed by atoms with Gasteiger partial charge < -0.3 is 9.47 Å². The van der Waals surface area contributed by atoms with Gasteiger partial charge in [0.05, 0.1) is 28.1 Å². The van der Waals surface area contributed by atoms with Gasteiger partial charge in [0.15, 0.2) is 0 Å². The molecule has 65 heavy (non-hydrogen) atoms. The van der Waals surface area contributed by atoms with Crippen molar-refractivity contribution in [3.63, 3.8) is 0 Å². The molecule has 0 saturated heterocycles. The Hall–Kier alpha value is -8.71. The summed E-state index contributed by atoms with van der Waals surface area (Å²) in [7, 11) is 0. The number of fused-ring (bicyclic) bond motifs is 6. The van der Waals surface area contributed by atoms with E-state index in [1.807, 2.05) is 24.3 Å². The molecule has 0 fully saturated rings. The lowest BCUT2D eigenvalue weighted by atomic mass is 9.67. The quantitative estimate of drug-likeness (QED) is 0.153. The van der Waals surface area contributed by atoms with Gasteiger partial charge >= 0.3 is 0 Å². The zero-order chi connectivity index (χ0) is 43.3. The first kappa shape index (κ1) is 38.0. The number of anilines is 3. The van der Waals surface area contributed by atoms with E-state index in [0.29, 0.717) is 5.56 Å². The third-order valence-electron chi connectivity index (χ3n) is 13.3. The minimum absolute atomic E-state index is 0.524. The summed E-state index contributed by atoms with van der Waals surface area (Å²) in [4.78, 5) is 2.31. The van der Waals surface area contributed by atoms with E-state index in [1.165, 1.54) is 66.3 Å². The van der Waals surface area contributed by atoms with E-state index < -0.39 is 5.41 Å². The van der Waals surface area contributed by atoms with Crippen LogP contribution in [0.15, 0.2) is 249 Å². The topological polar surface area (TPSA) is 32.0 Å². The van der Waals surface area contributed by atoms with Gasteiger partial charge in [-0.3, -0.25) is 0 Å². The molecule has 0 atom stereocenters. The zero-order valence-electron chi connectivity index (χ0n) is 35.5. The van der Waals surface area contributed by atoms with Crippen LogP contribution in [0.25, 0.3) is 60.9 Å². The third kappa shape index (κ3) is 6.19. The van der Waals surface area contributed by atoms with Crippen LogP contribution in [0.3, 0.4) is 0 Å². The van der Waals surface area contributed by atoms with Crippen LogP contribution in [-0.4, -0.2) is 4.57 Å². The number of nitrogens with zero attached hydrogens (tertiary/aromatic N) is 3. The van der Waals surface area contributed by atoms with E-state index in [4.69, 9.17) is 0 Å². The molecule has 10 aromatic carbocycles. The van der Waals surface area contributed by atoms with Crippen molar-refractivity contribution in [1.29, 1.82) is 5.26 Å². The molecular formula is C62H41N3. The summed E-state index contributed by atoms with van der Waals surface area (Å²) in [6.45, 7) is 0. The summed E-state index contributed by atoms with van der Waals surface area (Å²) in [5.41, 5.74) is 18.8. The van der Waals surface area contributed by atoms with E-state index in [1.54, 1.807) is 0 Å². The van der Waals surface area contributed by atoms with E-state index in [2.05, 4.69) is 240 Å². The fourth-order valence-electron chi connectivity index (χ4n) is 10.4. The molecule has 0 bridgehead atoms. The molecule has 1 aromatic heterocycles. The van der Waals surface area contributed by atoms with E-state index in [-0.39, 0.29) is 0 Å². The molecule has 0 aliphatic heterocycles. The predicted molar refractivity (Wildman–Crippen MR) is 268 cm³/mol. The van der Waals surface area contributed by atoms with Crippen molar-refractivity contribution in [2.45, 2.75) is 5.41 Å². The number of rotatable bonds is 8. The highest BCUT2D eigenvalue weighted by Gasteiger charge is 2.46. The molecule has 0 spiro atoms. The van der Waals surface area contributed by atoms with Crippen LogP contribution in [0.4, 0.5) is 17.1 Å². The maximum absolute atomic E-state index is 9.74. The minimum Gasteiger partial charge on any atom is -0.310 e. The number of hydrogen-bond acceptors (Lipinski definition) is 2. The summed E-state index contributed by atoms with van der Waals surface area (Å²) in [5.74, 6) is 0. The van der Waals surface area contributed by atoms with Crippen LogP contribution in [0.1, 0.15) is 27.8 Å². The second kappa shape index (κ2) is 15.6. The zero-order valence-corrected chi connectivity index (χ0v) is 35.5. The Labute approximate surface area is 379 Å². The first-order valence-electron chi connectivity index (χ1n) is 22.1. The molecule has 1 aliphatic carbocycles. The van der Waals surface area contributed by atoms with Crippen molar-refractivity contribution in [2.24, 2.45) is 0 Å². The molecule has 304 valence electrons. The number of para-hydroxylation sites is 2. The second-order valence-electron chi connectivity index (χ2n) is 16.8. The molecule has 1 heterocycles. The first-order chi connectivity index (χ1) is 32.2. The molecule has 0 saturated carbocycles. The molecule has 0 N–H and O–H groups in total. The summed E-state index contributed by atoms with van der Waals surface area (Å²) in [5, 5.41) is 12.2. The molecule has 1 aliphatic rings. The predicted octanol–water partition coefficient (Wildman–Crippen LogP) is 15.8. The molecule has 12 rings (SSSR count). The molecule has 0 amide bonds. The number of hydrogen-bond donors (Lipinski definition) is 0. The van der Waals surface area contributed by atoms with Crippen LogP contribution < -0.4 is 4.90 Å².